The fourth-order valence-corrected chi connectivity index (χ4v) is 4.54. The maximum Gasteiger partial charge on any atom is 0.231 e. The second-order valence-electron chi connectivity index (χ2n) is 6.10. The van der Waals surface area contributed by atoms with Gasteiger partial charge in [0.2, 0.25) is 11.8 Å². The number of nitrogens with zero attached hydrogens (tertiary/aromatic N) is 1. The van der Waals surface area contributed by atoms with Gasteiger partial charge in [0.15, 0.2) is 0 Å². The minimum atomic E-state index is -0.108. The molecule has 2 atom stereocenters. The van der Waals surface area contributed by atoms with Crippen LogP contribution in [-0.2, 0) is 9.59 Å². The Balaban J connectivity index is 0.00000208. The Kier molecular flexibility index (Phi) is 6.95. The van der Waals surface area contributed by atoms with Crippen molar-refractivity contribution in [3.63, 3.8) is 0 Å². The monoisotopic (exact) mass is 369 g/mol. The van der Waals surface area contributed by atoms with Crippen LogP contribution in [0, 0.1) is 5.92 Å². The number of nitrogens with one attached hydrogen (secondary N) is 1. The number of benzene rings is 1. The quantitative estimate of drug-likeness (QED) is 0.845. The molecule has 5 nitrogen and oxygen atoms in total. The van der Waals surface area contributed by atoms with Gasteiger partial charge < -0.3 is 16.0 Å². The van der Waals surface area contributed by atoms with E-state index in [2.05, 4.69) is 11.4 Å². The van der Waals surface area contributed by atoms with Crippen molar-refractivity contribution in [2.75, 3.05) is 31.9 Å². The standard InChI is InChI=1S/C17H23N3O2S.ClH/c18-7-8-19-16(21)12-4-3-9-20(10-12)17(22)14-11-23-15-6-2-1-5-13(14)15;/h1-2,5-6,12,14H,3-4,7-11,18H2,(H,19,21);1H. The van der Waals surface area contributed by atoms with E-state index in [1.54, 1.807) is 11.8 Å². The molecule has 1 aromatic rings. The van der Waals surface area contributed by atoms with Crippen LogP contribution in [0.3, 0.4) is 0 Å². The summed E-state index contributed by atoms with van der Waals surface area (Å²) >= 11 is 1.75. The van der Waals surface area contributed by atoms with E-state index in [-0.39, 0.29) is 36.1 Å². The number of halogens is 1. The van der Waals surface area contributed by atoms with Gasteiger partial charge in [-0.2, -0.15) is 0 Å². The van der Waals surface area contributed by atoms with Crippen molar-refractivity contribution < 1.29 is 9.59 Å². The molecule has 2 heterocycles. The summed E-state index contributed by atoms with van der Waals surface area (Å²) in [6.45, 7) is 2.22. The van der Waals surface area contributed by atoms with Crippen LogP contribution >= 0.6 is 24.2 Å². The van der Waals surface area contributed by atoms with E-state index in [1.807, 2.05) is 23.1 Å². The molecule has 3 rings (SSSR count). The maximum absolute atomic E-state index is 12.9. The zero-order valence-corrected chi connectivity index (χ0v) is 15.2. The normalized spacial score (nSPS) is 22.5. The van der Waals surface area contributed by atoms with Gasteiger partial charge in [0, 0.05) is 36.8 Å². The van der Waals surface area contributed by atoms with Gasteiger partial charge >= 0.3 is 0 Å². The lowest BCUT2D eigenvalue weighted by atomic mass is 9.94. The number of amides is 2. The average Bonchev–Trinajstić information content (AvgIpc) is 3.03. The van der Waals surface area contributed by atoms with E-state index in [0.717, 1.165) is 30.7 Å². The van der Waals surface area contributed by atoms with Gasteiger partial charge in [-0.05, 0) is 24.5 Å². The van der Waals surface area contributed by atoms with Crippen LogP contribution in [0.5, 0.6) is 0 Å². The maximum atomic E-state index is 12.9. The van der Waals surface area contributed by atoms with E-state index < -0.39 is 0 Å². The van der Waals surface area contributed by atoms with Crippen LogP contribution in [0.25, 0.3) is 0 Å². The number of rotatable bonds is 4. The lowest BCUT2D eigenvalue weighted by Crippen LogP contribution is -2.47. The molecule has 1 fully saturated rings. The smallest absolute Gasteiger partial charge is 0.231 e. The molecule has 0 aromatic heterocycles. The molecule has 0 bridgehead atoms. The zero-order chi connectivity index (χ0) is 16.2. The minimum Gasteiger partial charge on any atom is -0.355 e. The molecule has 7 heteroatoms. The molecule has 1 saturated heterocycles. The molecule has 1 aromatic carbocycles. The molecule has 2 aliphatic rings. The molecule has 132 valence electrons. The molecule has 2 aliphatic heterocycles. The molecule has 2 unspecified atom stereocenters. The van der Waals surface area contributed by atoms with Crippen molar-refractivity contribution in [2.45, 2.75) is 23.7 Å². The third-order valence-corrected chi connectivity index (χ3v) is 5.73. The van der Waals surface area contributed by atoms with Crippen molar-refractivity contribution in [1.29, 1.82) is 0 Å². The molecular formula is C17H24ClN3O2S. The Hall–Kier alpha value is -1.24. The largest absolute Gasteiger partial charge is 0.355 e. The molecule has 0 spiro atoms. The number of piperidine rings is 1. The predicted octanol–water partition coefficient (Wildman–Crippen LogP) is 1.61. The van der Waals surface area contributed by atoms with E-state index in [0.29, 0.717) is 19.6 Å². The highest BCUT2D eigenvalue weighted by Gasteiger charge is 2.35. The Bertz CT molecular complexity index is 599. The molecule has 3 N–H and O–H groups in total. The number of carbonyl (C=O) groups excluding carboxylic acids is 2. The predicted molar refractivity (Wildman–Crippen MR) is 98.5 cm³/mol. The summed E-state index contributed by atoms with van der Waals surface area (Å²) in [5.74, 6) is 0.817. The second kappa shape index (κ2) is 8.74. The van der Waals surface area contributed by atoms with Crippen LogP contribution in [0.2, 0.25) is 0 Å². The van der Waals surface area contributed by atoms with Gasteiger partial charge in [-0.15, -0.1) is 24.2 Å². The number of hydrogen-bond acceptors (Lipinski definition) is 4. The Morgan fingerprint density at radius 3 is 2.92 bits per heavy atom. The van der Waals surface area contributed by atoms with Crippen LogP contribution in [-0.4, -0.2) is 48.6 Å². The van der Waals surface area contributed by atoms with Gasteiger partial charge in [0.05, 0.1) is 11.8 Å². The summed E-state index contributed by atoms with van der Waals surface area (Å²) in [5.41, 5.74) is 6.56. The highest BCUT2D eigenvalue weighted by atomic mass is 35.5. The van der Waals surface area contributed by atoms with Crippen molar-refractivity contribution in [1.82, 2.24) is 10.2 Å². The van der Waals surface area contributed by atoms with Gasteiger partial charge in [0.1, 0.15) is 0 Å². The molecular weight excluding hydrogens is 346 g/mol. The molecule has 0 saturated carbocycles. The first kappa shape index (κ1) is 19.1. The average molecular weight is 370 g/mol. The van der Waals surface area contributed by atoms with Gasteiger partial charge in [-0.3, -0.25) is 9.59 Å². The van der Waals surface area contributed by atoms with Crippen molar-refractivity contribution >= 4 is 36.0 Å². The molecule has 0 radical (unpaired) electrons. The summed E-state index contributed by atoms with van der Waals surface area (Å²) < 4.78 is 0. The van der Waals surface area contributed by atoms with Crippen molar-refractivity contribution in [3.05, 3.63) is 29.8 Å². The summed E-state index contributed by atoms with van der Waals surface area (Å²) in [4.78, 5) is 28.1. The third-order valence-electron chi connectivity index (χ3n) is 4.55. The van der Waals surface area contributed by atoms with Gasteiger partial charge in [-0.1, -0.05) is 18.2 Å². The second-order valence-corrected chi connectivity index (χ2v) is 7.17. The summed E-state index contributed by atoms with van der Waals surface area (Å²) in [7, 11) is 0. The summed E-state index contributed by atoms with van der Waals surface area (Å²) in [5, 5.41) is 2.84. The first-order valence-corrected chi connectivity index (χ1v) is 9.17. The van der Waals surface area contributed by atoms with E-state index in [4.69, 9.17) is 5.73 Å². The highest BCUT2D eigenvalue weighted by Crippen LogP contribution is 2.40. The van der Waals surface area contributed by atoms with Crippen molar-refractivity contribution in [3.8, 4) is 0 Å². The first-order valence-electron chi connectivity index (χ1n) is 8.19. The molecule has 2 amide bonds. The number of likely N-dealkylation sites (tertiary alicyclic amines) is 1. The number of hydrogen-bond donors (Lipinski definition) is 2. The Morgan fingerprint density at radius 2 is 2.12 bits per heavy atom. The lowest BCUT2D eigenvalue weighted by Gasteiger charge is -2.33. The number of nitrogens with two attached hydrogens (primary N) is 1. The van der Waals surface area contributed by atoms with Gasteiger partial charge in [0.25, 0.3) is 0 Å². The number of fused-ring (bicyclic) bond motifs is 1. The zero-order valence-electron chi connectivity index (χ0n) is 13.6. The summed E-state index contributed by atoms with van der Waals surface area (Å²) in [6.07, 6.45) is 1.73. The minimum absolute atomic E-state index is 0. The Labute approximate surface area is 153 Å². The fraction of sp³-hybridized carbons (Fsp3) is 0.529. The SMILES string of the molecule is Cl.NCCNC(=O)C1CCCN(C(=O)C2CSc3ccccc32)C1. The summed E-state index contributed by atoms with van der Waals surface area (Å²) in [6, 6.07) is 8.13. The highest BCUT2D eigenvalue weighted by molar-refractivity contribution is 7.99. The van der Waals surface area contributed by atoms with E-state index in [9.17, 15) is 9.59 Å². The van der Waals surface area contributed by atoms with Crippen LogP contribution in [0.1, 0.15) is 24.3 Å². The van der Waals surface area contributed by atoms with Crippen molar-refractivity contribution in [2.24, 2.45) is 11.7 Å². The topological polar surface area (TPSA) is 75.4 Å². The van der Waals surface area contributed by atoms with Crippen LogP contribution in [0.15, 0.2) is 29.2 Å². The van der Waals surface area contributed by atoms with E-state index >= 15 is 0 Å². The van der Waals surface area contributed by atoms with Crippen LogP contribution < -0.4 is 11.1 Å². The van der Waals surface area contributed by atoms with Gasteiger partial charge in [-0.25, -0.2) is 0 Å². The lowest BCUT2D eigenvalue weighted by molar-refractivity contribution is -0.136. The number of carbonyl (C=O) groups is 2. The Morgan fingerprint density at radius 1 is 1.33 bits per heavy atom. The third kappa shape index (κ3) is 4.05. The molecule has 0 aliphatic carbocycles. The van der Waals surface area contributed by atoms with E-state index in [1.165, 1.54) is 4.90 Å². The fourth-order valence-electron chi connectivity index (χ4n) is 3.32. The first-order chi connectivity index (χ1) is 11.2. The van der Waals surface area contributed by atoms with Crippen LogP contribution in [0.4, 0.5) is 0 Å². The molecule has 24 heavy (non-hydrogen) atoms. The number of thioether (sulfide) groups is 1.